The summed E-state index contributed by atoms with van der Waals surface area (Å²) < 4.78 is 33.6. The molecular formula is C17H19ClN2O5S. The molecule has 0 fully saturated rings. The van der Waals surface area contributed by atoms with E-state index in [4.69, 9.17) is 26.2 Å². The summed E-state index contributed by atoms with van der Waals surface area (Å²) >= 11 is 5.85. The minimum absolute atomic E-state index is 0.0384. The van der Waals surface area contributed by atoms with Gasteiger partial charge in [0.25, 0.3) is 5.91 Å². The summed E-state index contributed by atoms with van der Waals surface area (Å²) in [5, 5.41) is 5.09. The lowest BCUT2D eigenvalue weighted by molar-refractivity contribution is 0.0784. The summed E-state index contributed by atoms with van der Waals surface area (Å²) in [5.41, 5.74) is 0.929. The molecule has 2 N–H and O–H groups in total. The lowest BCUT2D eigenvalue weighted by Crippen LogP contribution is -2.27. The molecule has 26 heavy (non-hydrogen) atoms. The van der Waals surface area contributed by atoms with Crippen LogP contribution in [0.1, 0.15) is 15.9 Å². The van der Waals surface area contributed by atoms with Crippen molar-refractivity contribution >= 4 is 27.5 Å². The summed E-state index contributed by atoms with van der Waals surface area (Å²) in [6, 6.07) is 9.21. The van der Waals surface area contributed by atoms with Gasteiger partial charge >= 0.3 is 0 Å². The van der Waals surface area contributed by atoms with Crippen LogP contribution in [-0.2, 0) is 16.6 Å². The quantitative estimate of drug-likeness (QED) is 0.804. The van der Waals surface area contributed by atoms with Crippen LogP contribution in [0.4, 0.5) is 0 Å². The van der Waals surface area contributed by atoms with Gasteiger partial charge in [0.2, 0.25) is 10.0 Å². The van der Waals surface area contributed by atoms with E-state index in [-0.39, 0.29) is 27.9 Å². The van der Waals surface area contributed by atoms with Crippen molar-refractivity contribution in [2.24, 2.45) is 5.14 Å². The highest BCUT2D eigenvalue weighted by atomic mass is 35.5. The first-order valence-electron chi connectivity index (χ1n) is 7.46. The number of rotatable bonds is 6. The standard InChI is InChI=1S/C17H19ClN2O5S/c1-20(10-12-4-6-13(24-2)9-15(12)25-3)17(21)11-5-7-14(18)16(8-11)26(19,22)23/h4-9H,10H2,1-3H3,(H2,19,22,23). The summed E-state index contributed by atoms with van der Waals surface area (Å²) in [6.45, 7) is 0.249. The molecular weight excluding hydrogens is 380 g/mol. The number of halogens is 1. The molecule has 0 saturated heterocycles. The topological polar surface area (TPSA) is 98.9 Å². The predicted molar refractivity (Wildman–Crippen MR) is 98.2 cm³/mol. The molecule has 0 saturated carbocycles. The van der Waals surface area contributed by atoms with Gasteiger partial charge < -0.3 is 14.4 Å². The van der Waals surface area contributed by atoms with Gasteiger partial charge in [0.05, 0.1) is 19.2 Å². The third kappa shape index (κ3) is 4.46. The smallest absolute Gasteiger partial charge is 0.253 e. The van der Waals surface area contributed by atoms with Crippen LogP contribution in [0.2, 0.25) is 5.02 Å². The number of nitrogens with zero attached hydrogens (tertiary/aromatic N) is 1. The number of methoxy groups -OCH3 is 2. The van der Waals surface area contributed by atoms with Gasteiger partial charge in [-0.3, -0.25) is 4.79 Å². The lowest BCUT2D eigenvalue weighted by Gasteiger charge is -2.19. The molecule has 0 heterocycles. The maximum Gasteiger partial charge on any atom is 0.253 e. The molecule has 2 rings (SSSR count). The van der Waals surface area contributed by atoms with E-state index in [1.54, 1.807) is 32.4 Å². The molecule has 0 aliphatic heterocycles. The largest absolute Gasteiger partial charge is 0.497 e. The van der Waals surface area contributed by atoms with Gasteiger partial charge in [0.1, 0.15) is 16.4 Å². The molecule has 0 bridgehead atoms. The maximum absolute atomic E-state index is 12.6. The first kappa shape index (κ1) is 20.0. The number of carbonyl (C=O) groups excluding carboxylic acids is 1. The number of benzene rings is 2. The number of amides is 1. The lowest BCUT2D eigenvalue weighted by atomic mass is 10.1. The second kappa shape index (κ2) is 7.94. The van der Waals surface area contributed by atoms with Crippen LogP contribution in [0.25, 0.3) is 0 Å². The van der Waals surface area contributed by atoms with Crippen molar-refractivity contribution in [2.45, 2.75) is 11.4 Å². The van der Waals surface area contributed by atoms with Crippen molar-refractivity contribution in [3.8, 4) is 11.5 Å². The van der Waals surface area contributed by atoms with E-state index in [2.05, 4.69) is 0 Å². The molecule has 2 aromatic rings. The highest BCUT2D eigenvalue weighted by Crippen LogP contribution is 2.26. The molecule has 1 amide bonds. The Kier molecular flexibility index (Phi) is 6.12. The van der Waals surface area contributed by atoms with Crippen molar-refractivity contribution in [1.29, 1.82) is 0 Å². The maximum atomic E-state index is 12.6. The Hall–Kier alpha value is -2.29. The third-order valence-corrected chi connectivity index (χ3v) is 5.13. The average molecular weight is 399 g/mol. The van der Waals surface area contributed by atoms with Gasteiger partial charge in [-0.2, -0.15) is 0 Å². The van der Waals surface area contributed by atoms with Crippen LogP contribution in [-0.4, -0.2) is 40.5 Å². The molecule has 0 aromatic heterocycles. The van der Waals surface area contributed by atoms with E-state index in [9.17, 15) is 13.2 Å². The predicted octanol–water partition coefficient (Wildman–Crippen LogP) is 2.28. The van der Waals surface area contributed by atoms with Gasteiger partial charge in [-0.05, 0) is 30.3 Å². The summed E-state index contributed by atoms with van der Waals surface area (Å²) in [5.74, 6) is 0.824. The Bertz CT molecular complexity index is 931. The first-order valence-corrected chi connectivity index (χ1v) is 9.38. The summed E-state index contributed by atoms with van der Waals surface area (Å²) in [6.07, 6.45) is 0. The Morgan fingerprint density at radius 2 is 1.85 bits per heavy atom. The number of primary sulfonamides is 1. The third-order valence-electron chi connectivity index (χ3n) is 3.73. The van der Waals surface area contributed by atoms with Crippen molar-refractivity contribution in [3.63, 3.8) is 0 Å². The average Bonchev–Trinajstić information content (AvgIpc) is 2.60. The van der Waals surface area contributed by atoms with Crippen LogP contribution < -0.4 is 14.6 Å². The van der Waals surface area contributed by atoms with E-state index in [0.717, 1.165) is 5.56 Å². The van der Waals surface area contributed by atoms with Crippen LogP contribution >= 0.6 is 11.6 Å². The van der Waals surface area contributed by atoms with Crippen molar-refractivity contribution in [1.82, 2.24) is 4.90 Å². The second-order valence-corrected chi connectivity index (χ2v) is 7.47. The normalized spacial score (nSPS) is 11.1. The zero-order valence-electron chi connectivity index (χ0n) is 14.5. The highest BCUT2D eigenvalue weighted by Gasteiger charge is 2.19. The molecule has 0 radical (unpaired) electrons. The summed E-state index contributed by atoms with van der Waals surface area (Å²) in [4.78, 5) is 13.8. The Labute approximate surface area is 157 Å². The number of ether oxygens (including phenoxy) is 2. The van der Waals surface area contributed by atoms with Gasteiger partial charge in [0.15, 0.2) is 0 Å². The van der Waals surface area contributed by atoms with Crippen molar-refractivity contribution in [3.05, 3.63) is 52.5 Å². The molecule has 9 heteroatoms. The van der Waals surface area contributed by atoms with Crippen molar-refractivity contribution < 1.29 is 22.7 Å². The van der Waals surface area contributed by atoms with Crippen molar-refractivity contribution in [2.75, 3.05) is 21.3 Å². The molecule has 0 aliphatic rings. The monoisotopic (exact) mass is 398 g/mol. The van der Waals surface area contributed by atoms with Gasteiger partial charge in [0, 0.05) is 30.8 Å². The highest BCUT2D eigenvalue weighted by molar-refractivity contribution is 7.89. The fourth-order valence-electron chi connectivity index (χ4n) is 2.38. The Morgan fingerprint density at radius 1 is 1.15 bits per heavy atom. The van der Waals surface area contributed by atoms with Gasteiger partial charge in [-0.25, -0.2) is 13.6 Å². The van der Waals surface area contributed by atoms with E-state index in [0.29, 0.717) is 11.5 Å². The minimum Gasteiger partial charge on any atom is -0.497 e. The number of hydrogen-bond acceptors (Lipinski definition) is 5. The molecule has 7 nitrogen and oxygen atoms in total. The zero-order chi connectivity index (χ0) is 19.5. The minimum atomic E-state index is -4.03. The first-order chi connectivity index (χ1) is 12.2. The van der Waals surface area contributed by atoms with E-state index < -0.39 is 10.0 Å². The molecule has 140 valence electrons. The number of carbonyl (C=O) groups is 1. The van der Waals surface area contributed by atoms with Gasteiger partial charge in [-0.15, -0.1) is 0 Å². The molecule has 0 aliphatic carbocycles. The summed E-state index contributed by atoms with van der Waals surface area (Å²) in [7, 11) is 0.640. The molecule has 0 atom stereocenters. The number of hydrogen-bond donors (Lipinski definition) is 1. The molecule has 2 aromatic carbocycles. The fraction of sp³-hybridized carbons (Fsp3) is 0.235. The van der Waals surface area contributed by atoms with E-state index in [1.165, 1.54) is 30.2 Å². The van der Waals surface area contributed by atoms with Crippen LogP contribution in [0.15, 0.2) is 41.3 Å². The van der Waals surface area contributed by atoms with Crippen LogP contribution in [0.3, 0.4) is 0 Å². The van der Waals surface area contributed by atoms with Crippen LogP contribution in [0, 0.1) is 0 Å². The van der Waals surface area contributed by atoms with E-state index >= 15 is 0 Å². The SMILES string of the molecule is COc1ccc(CN(C)C(=O)c2ccc(Cl)c(S(N)(=O)=O)c2)c(OC)c1. The number of sulfonamides is 1. The van der Waals surface area contributed by atoms with Crippen LogP contribution in [0.5, 0.6) is 11.5 Å². The molecule has 0 spiro atoms. The Morgan fingerprint density at radius 3 is 2.42 bits per heavy atom. The zero-order valence-corrected chi connectivity index (χ0v) is 16.1. The van der Waals surface area contributed by atoms with E-state index in [1.807, 2.05) is 0 Å². The number of nitrogens with two attached hydrogens (primary N) is 1. The second-order valence-electron chi connectivity index (χ2n) is 5.53. The molecule has 0 unspecified atom stereocenters. The Balaban J connectivity index is 2.28. The fourth-order valence-corrected chi connectivity index (χ4v) is 3.46. The van der Waals surface area contributed by atoms with Gasteiger partial charge in [-0.1, -0.05) is 11.6 Å².